The molecule has 2 N–H and O–H groups in total. The quantitative estimate of drug-likeness (QED) is 0.747. The number of halogens is 1. The second-order valence-corrected chi connectivity index (χ2v) is 6.25. The van der Waals surface area contributed by atoms with Gasteiger partial charge in [-0.05, 0) is 43.8 Å². The molecule has 1 atom stereocenters. The van der Waals surface area contributed by atoms with Gasteiger partial charge in [0, 0.05) is 28.8 Å². The molecule has 0 spiro atoms. The zero-order valence-electron chi connectivity index (χ0n) is 13.4. The molecule has 0 aliphatic rings. The van der Waals surface area contributed by atoms with E-state index in [1.54, 1.807) is 11.8 Å². The van der Waals surface area contributed by atoms with Crippen molar-refractivity contribution in [1.82, 2.24) is 10.6 Å². The van der Waals surface area contributed by atoms with Crippen LogP contribution in [0.5, 0.6) is 0 Å². The molecule has 0 aliphatic heterocycles. The molecule has 23 heavy (non-hydrogen) atoms. The summed E-state index contributed by atoms with van der Waals surface area (Å²) in [5.41, 5.74) is 1.92. The molecular weight excluding hydrogens is 328 g/mol. The Balaban J connectivity index is 0.00000264. The van der Waals surface area contributed by atoms with E-state index in [2.05, 4.69) is 22.8 Å². The maximum atomic E-state index is 12.0. The van der Waals surface area contributed by atoms with Crippen molar-refractivity contribution in [2.24, 2.45) is 0 Å². The summed E-state index contributed by atoms with van der Waals surface area (Å²) in [6, 6.07) is 18.4. The first kappa shape index (κ1) is 19.6. The SMILES string of the molecule is CNC(C)CNC(=O)c1ccc(CSc2ccccc2)cc1.Cl. The van der Waals surface area contributed by atoms with Crippen LogP contribution in [0.3, 0.4) is 0 Å². The molecule has 1 amide bonds. The lowest BCUT2D eigenvalue weighted by Gasteiger charge is -2.11. The predicted octanol–water partition coefficient (Wildman–Crippen LogP) is 3.74. The van der Waals surface area contributed by atoms with Crippen LogP contribution in [0, 0.1) is 0 Å². The molecule has 0 saturated carbocycles. The van der Waals surface area contributed by atoms with Crippen LogP contribution in [0.4, 0.5) is 0 Å². The summed E-state index contributed by atoms with van der Waals surface area (Å²) < 4.78 is 0. The first-order chi connectivity index (χ1) is 10.7. The molecule has 2 rings (SSSR count). The number of rotatable bonds is 7. The highest BCUT2D eigenvalue weighted by atomic mass is 35.5. The van der Waals surface area contributed by atoms with Crippen LogP contribution in [-0.2, 0) is 5.75 Å². The van der Waals surface area contributed by atoms with E-state index in [-0.39, 0.29) is 24.4 Å². The number of thioether (sulfide) groups is 1. The summed E-state index contributed by atoms with van der Waals surface area (Å²) >= 11 is 1.80. The van der Waals surface area contributed by atoms with Gasteiger partial charge in [-0.1, -0.05) is 30.3 Å². The Morgan fingerprint density at radius 1 is 1.09 bits per heavy atom. The van der Waals surface area contributed by atoms with Gasteiger partial charge in [-0.15, -0.1) is 24.2 Å². The second kappa shape index (κ2) is 10.3. The van der Waals surface area contributed by atoms with Gasteiger partial charge in [-0.25, -0.2) is 0 Å². The van der Waals surface area contributed by atoms with Crippen LogP contribution in [0.25, 0.3) is 0 Å². The van der Waals surface area contributed by atoms with Crippen LogP contribution in [-0.4, -0.2) is 25.5 Å². The van der Waals surface area contributed by atoms with Gasteiger partial charge in [0.2, 0.25) is 0 Å². The molecule has 0 aliphatic carbocycles. The highest BCUT2D eigenvalue weighted by Crippen LogP contribution is 2.22. The average molecular weight is 351 g/mol. The highest BCUT2D eigenvalue weighted by molar-refractivity contribution is 7.98. The van der Waals surface area contributed by atoms with Gasteiger partial charge in [-0.3, -0.25) is 4.79 Å². The van der Waals surface area contributed by atoms with Crippen molar-refractivity contribution < 1.29 is 4.79 Å². The molecule has 1 unspecified atom stereocenters. The lowest BCUT2D eigenvalue weighted by atomic mass is 10.1. The lowest BCUT2D eigenvalue weighted by Crippen LogP contribution is -2.37. The third-order valence-corrected chi connectivity index (χ3v) is 4.51. The van der Waals surface area contributed by atoms with Gasteiger partial charge < -0.3 is 10.6 Å². The lowest BCUT2D eigenvalue weighted by molar-refractivity contribution is 0.0950. The van der Waals surface area contributed by atoms with Crippen molar-refractivity contribution in [2.75, 3.05) is 13.6 Å². The van der Waals surface area contributed by atoms with E-state index < -0.39 is 0 Å². The zero-order chi connectivity index (χ0) is 15.8. The van der Waals surface area contributed by atoms with Gasteiger partial charge in [0.1, 0.15) is 0 Å². The Hall–Kier alpha value is -1.49. The minimum atomic E-state index is -0.0237. The molecular formula is C18H23ClN2OS. The van der Waals surface area contributed by atoms with Crippen molar-refractivity contribution in [3.8, 4) is 0 Å². The van der Waals surface area contributed by atoms with Gasteiger partial charge in [-0.2, -0.15) is 0 Å². The Kier molecular flexibility index (Phi) is 8.77. The Morgan fingerprint density at radius 3 is 2.35 bits per heavy atom. The number of carbonyl (C=O) groups excluding carboxylic acids is 1. The molecule has 0 aromatic heterocycles. The summed E-state index contributed by atoms with van der Waals surface area (Å²) in [6.07, 6.45) is 0. The fourth-order valence-electron chi connectivity index (χ4n) is 1.89. The summed E-state index contributed by atoms with van der Waals surface area (Å²) in [7, 11) is 1.88. The van der Waals surface area contributed by atoms with E-state index in [4.69, 9.17) is 0 Å². The van der Waals surface area contributed by atoms with E-state index >= 15 is 0 Å². The van der Waals surface area contributed by atoms with Crippen molar-refractivity contribution in [1.29, 1.82) is 0 Å². The number of benzene rings is 2. The molecule has 124 valence electrons. The van der Waals surface area contributed by atoms with E-state index in [0.29, 0.717) is 12.1 Å². The zero-order valence-corrected chi connectivity index (χ0v) is 15.0. The molecule has 0 radical (unpaired) electrons. The molecule has 0 saturated heterocycles. The predicted molar refractivity (Wildman–Crippen MR) is 101 cm³/mol. The molecule has 0 fully saturated rings. The number of likely N-dealkylation sites (N-methyl/N-ethyl adjacent to an activating group) is 1. The van der Waals surface area contributed by atoms with Gasteiger partial charge >= 0.3 is 0 Å². The number of nitrogens with one attached hydrogen (secondary N) is 2. The number of hydrogen-bond acceptors (Lipinski definition) is 3. The van der Waals surface area contributed by atoms with Crippen molar-refractivity contribution in [2.45, 2.75) is 23.6 Å². The topological polar surface area (TPSA) is 41.1 Å². The average Bonchev–Trinajstić information content (AvgIpc) is 2.59. The summed E-state index contributed by atoms with van der Waals surface area (Å²) in [5.74, 6) is 0.882. The van der Waals surface area contributed by atoms with Gasteiger partial charge in [0.25, 0.3) is 5.91 Å². The summed E-state index contributed by atoms with van der Waals surface area (Å²) in [4.78, 5) is 13.3. The van der Waals surface area contributed by atoms with E-state index in [1.165, 1.54) is 10.5 Å². The molecule has 0 bridgehead atoms. The van der Waals surface area contributed by atoms with E-state index in [9.17, 15) is 4.79 Å². The third-order valence-electron chi connectivity index (χ3n) is 3.43. The van der Waals surface area contributed by atoms with Crippen LogP contribution >= 0.6 is 24.2 Å². The third kappa shape index (κ3) is 6.65. The minimum absolute atomic E-state index is 0. The van der Waals surface area contributed by atoms with Crippen molar-refractivity contribution in [3.63, 3.8) is 0 Å². The first-order valence-electron chi connectivity index (χ1n) is 7.41. The molecule has 2 aromatic rings. The van der Waals surface area contributed by atoms with E-state index in [0.717, 1.165) is 5.75 Å². The maximum Gasteiger partial charge on any atom is 0.251 e. The normalized spacial score (nSPS) is 11.4. The Labute approximate surface area is 148 Å². The van der Waals surface area contributed by atoms with Gasteiger partial charge in [0.15, 0.2) is 0 Å². The van der Waals surface area contributed by atoms with Crippen LogP contribution in [0.1, 0.15) is 22.8 Å². The van der Waals surface area contributed by atoms with Crippen LogP contribution < -0.4 is 10.6 Å². The van der Waals surface area contributed by atoms with Crippen molar-refractivity contribution >= 4 is 30.1 Å². The molecule has 5 heteroatoms. The molecule has 3 nitrogen and oxygen atoms in total. The minimum Gasteiger partial charge on any atom is -0.350 e. The molecule has 0 heterocycles. The number of carbonyl (C=O) groups is 1. The largest absolute Gasteiger partial charge is 0.350 e. The highest BCUT2D eigenvalue weighted by Gasteiger charge is 2.06. The maximum absolute atomic E-state index is 12.0. The van der Waals surface area contributed by atoms with Crippen LogP contribution in [0.2, 0.25) is 0 Å². The van der Waals surface area contributed by atoms with Crippen molar-refractivity contribution in [3.05, 3.63) is 65.7 Å². The second-order valence-electron chi connectivity index (χ2n) is 5.20. The number of hydrogen-bond donors (Lipinski definition) is 2. The fraction of sp³-hybridized carbons (Fsp3) is 0.278. The fourth-order valence-corrected chi connectivity index (χ4v) is 2.76. The standard InChI is InChI=1S/C18H22N2OS.ClH/c1-14(19-2)12-20-18(21)16-10-8-15(9-11-16)13-22-17-6-4-3-5-7-17;/h3-11,14,19H,12-13H2,1-2H3,(H,20,21);1H. The van der Waals surface area contributed by atoms with Gasteiger partial charge in [0.05, 0.1) is 0 Å². The smallest absolute Gasteiger partial charge is 0.251 e. The van der Waals surface area contributed by atoms with Crippen LogP contribution in [0.15, 0.2) is 59.5 Å². The Bertz CT molecular complexity index is 590. The van der Waals surface area contributed by atoms with E-state index in [1.807, 2.05) is 56.4 Å². The number of amides is 1. The monoisotopic (exact) mass is 350 g/mol. The summed E-state index contributed by atoms with van der Waals surface area (Å²) in [5, 5.41) is 6.02. The first-order valence-corrected chi connectivity index (χ1v) is 8.40. The molecule has 2 aromatic carbocycles. The summed E-state index contributed by atoms with van der Waals surface area (Å²) in [6.45, 7) is 2.66. The Morgan fingerprint density at radius 2 is 1.74 bits per heavy atom.